The van der Waals surface area contributed by atoms with Crippen LogP contribution in [0.1, 0.15) is 18.7 Å². The number of nitrogens with zero attached hydrogens (tertiary/aromatic N) is 3. The van der Waals surface area contributed by atoms with Gasteiger partial charge in [-0.15, -0.1) is 0 Å². The Hall–Kier alpha value is -1.82. The van der Waals surface area contributed by atoms with E-state index in [9.17, 15) is 4.39 Å². The Kier molecular flexibility index (Phi) is 3.02. The lowest BCUT2D eigenvalue weighted by molar-refractivity contribution is 0.376. The van der Waals surface area contributed by atoms with Gasteiger partial charge in [0.2, 0.25) is 11.7 Å². The summed E-state index contributed by atoms with van der Waals surface area (Å²) in [5.41, 5.74) is 0.515. The first kappa shape index (κ1) is 11.3. The van der Waals surface area contributed by atoms with Crippen LogP contribution in [-0.2, 0) is 6.42 Å². The van der Waals surface area contributed by atoms with Gasteiger partial charge in [0.15, 0.2) is 0 Å². The Bertz CT molecular complexity index is 521. The Labute approximate surface area is 103 Å². The highest BCUT2D eigenvalue weighted by molar-refractivity contribution is 5.47. The van der Waals surface area contributed by atoms with Crippen molar-refractivity contribution in [3.05, 3.63) is 30.0 Å². The van der Waals surface area contributed by atoms with E-state index in [0.717, 1.165) is 12.7 Å². The summed E-state index contributed by atoms with van der Waals surface area (Å²) in [7, 11) is 0. The number of pyridine rings is 1. The van der Waals surface area contributed by atoms with Crippen LogP contribution < -0.4 is 5.32 Å². The second-order valence-electron chi connectivity index (χ2n) is 4.35. The molecule has 0 radical (unpaired) electrons. The number of nitrogens with one attached hydrogen (secondary N) is 1. The maximum absolute atomic E-state index is 12.7. The van der Waals surface area contributed by atoms with Gasteiger partial charge in [0.25, 0.3) is 0 Å². The molecule has 94 valence electrons. The van der Waals surface area contributed by atoms with E-state index in [1.54, 1.807) is 0 Å². The maximum Gasteiger partial charge on any atom is 0.228 e. The van der Waals surface area contributed by atoms with E-state index in [-0.39, 0.29) is 5.82 Å². The van der Waals surface area contributed by atoms with Gasteiger partial charge < -0.3 is 9.84 Å². The van der Waals surface area contributed by atoms with Gasteiger partial charge in [-0.2, -0.15) is 4.98 Å². The molecule has 1 N–H and O–H groups in total. The minimum atomic E-state index is -0.379. The minimum absolute atomic E-state index is 0.379. The number of hydrogen-bond donors (Lipinski definition) is 1. The Morgan fingerprint density at radius 2 is 2.28 bits per heavy atom. The van der Waals surface area contributed by atoms with E-state index in [1.165, 1.54) is 25.0 Å². The maximum atomic E-state index is 12.7. The lowest BCUT2D eigenvalue weighted by Crippen LogP contribution is -2.19. The van der Waals surface area contributed by atoms with Crippen molar-refractivity contribution in [1.82, 2.24) is 20.4 Å². The summed E-state index contributed by atoms with van der Waals surface area (Å²) >= 11 is 0. The van der Waals surface area contributed by atoms with Crippen molar-refractivity contribution >= 4 is 0 Å². The highest BCUT2D eigenvalue weighted by atomic mass is 19.1. The molecule has 1 saturated carbocycles. The van der Waals surface area contributed by atoms with E-state index >= 15 is 0 Å². The van der Waals surface area contributed by atoms with Crippen LogP contribution in [0.3, 0.4) is 0 Å². The highest BCUT2D eigenvalue weighted by Crippen LogP contribution is 2.18. The lowest BCUT2D eigenvalue weighted by atomic mass is 10.3. The molecule has 2 heterocycles. The van der Waals surface area contributed by atoms with Crippen LogP contribution >= 0.6 is 0 Å². The van der Waals surface area contributed by atoms with Crippen LogP contribution in [0.15, 0.2) is 22.9 Å². The van der Waals surface area contributed by atoms with Gasteiger partial charge in [-0.3, -0.25) is 0 Å². The number of halogens is 1. The third-order valence-corrected chi connectivity index (χ3v) is 2.77. The van der Waals surface area contributed by atoms with Crippen LogP contribution in [-0.4, -0.2) is 27.7 Å². The number of aromatic nitrogens is 3. The molecule has 0 saturated heterocycles. The summed E-state index contributed by atoms with van der Waals surface area (Å²) in [6.07, 6.45) is 4.36. The van der Waals surface area contributed by atoms with Crippen molar-refractivity contribution in [2.75, 3.05) is 6.54 Å². The third kappa shape index (κ3) is 2.70. The zero-order valence-electron chi connectivity index (χ0n) is 9.77. The van der Waals surface area contributed by atoms with Crippen molar-refractivity contribution in [2.24, 2.45) is 0 Å². The van der Waals surface area contributed by atoms with E-state index in [1.807, 2.05) is 0 Å². The third-order valence-electron chi connectivity index (χ3n) is 2.77. The molecule has 3 rings (SSSR count). The van der Waals surface area contributed by atoms with E-state index in [0.29, 0.717) is 29.9 Å². The second-order valence-corrected chi connectivity index (χ2v) is 4.35. The summed E-state index contributed by atoms with van der Waals surface area (Å²) in [5, 5.41) is 7.20. The zero-order chi connectivity index (χ0) is 12.4. The summed E-state index contributed by atoms with van der Waals surface area (Å²) < 4.78 is 17.8. The van der Waals surface area contributed by atoms with Gasteiger partial charge in [-0.25, -0.2) is 9.37 Å². The average Bonchev–Trinajstić information content (AvgIpc) is 3.08. The van der Waals surface area contributed by atoms with Crippen LogP contribution in [0, 0.1) is 5.82 Å². The van der Waals surface area contributed by atoms with Gasteiger partial charge in [0.05, 0.1) is 6.20 Å². The standard InChI is InChI=1S/C12H13FN4O/c13-8-1-4-10(15-7-8)12-16-11(18-17-12)5-6-14-9-2-3-9/h1,4,7,9,14H,2-3,5-6H2. The molecule has 5 nitrogen and oxygen atoms in total. The van der Waals surface area contributed by atoms with Crippen LogP contribution in [0.2, 0.25) is 0 Å². The first-order chi connectivity index (χ1) is 8.81. The molecule has 2 aromatic rings. The fourth-order valence-corrected chi connectivity index (χ4v) is 1.64. The van der Waals surface area contributed by atoms with Gasteiger partial charge in [-0.1, -0.05) is 5.16 Å². The van der Waals surface area contributed by atoms with E-state index in [2.05, 4.69) is 20.4 Å². The quantitative estimate of drug-likeness (QED) is 0.870. The van der Waals surface area contributed by atoms with Crippen molar-refractivity contribution in [3.63, 3.8) is 0 Å². The van der Waals surface area contributed by atoms with Crippen molar-refractivity contribution in [3.8, 4) is 11.5 Å². The van der Waals surface area contributed by atoms with Gasteiger partial charge >= 0.3 is 0 Å². The number of hydrogen-bond acceptors (Lipinski definition) is 5. The summed E-state index contributed by atoms with van der Waals surface area (Å²) in [6.45, 7) is 0.836. The van der Waals surface area contributed by atoms with Gasteiger partial charge in [-0.05, 0) is 25.0 Å². The Morgan fingerprint density at radius 3 is 3.00 bits per heavy atom. The van der Waals surface area contributed by atoms with Gasteiger partial charge in [0, 0.05) is 19.0 Å². The molecule has 0 spiro atoms. The molecular formula is C12H13FN4O. The first-order valence-electron chi connectivity index (χ1n) is 5.99. The fraction of sp³-hybridized carbons (Fsp3) is 0.417. The summed E-state index contributed by atoms with van der Waals surface area (Å²) in [6, 6.07) is 3.53. The molecule has 1 aliphatic rings. The molecule has 2 aromatic heterocycles. The van der Waals surface area contributed by atoms with E-state index < -0.39 is 0 Å². The SMILES string of the molecule is Fc1ccc(-c2noc(CCNC3CC3)n2)nc1. The molecule has 0 atom stereocenters. The fourth-order valence-electron chi connectivity index (χ4n) is 1.64. The Balaban J connectivity index is 1.62. The predicted molar refractivity (Wildman–Crippen MR) is 62.2 cm³/mol. The van der Waals surface area contributed by atoms with E-state index in [4.69, 9.17) is 4.52 Å². The molecular weight excluding hydrogens is 235 g/mol. The molecule has 6 heteroatoms. The largest absolute Gasteiger partial charge is 0.339 e. The van der Waals surface area contributed by atoms with Crippen molar-refractivity contribution < 1.29 is 8.91 Å². The molecule has 0 aromatic carbocycles. The molecule has 0 unspecified atom stereocenters. The van der Waals surface area contributed by atoms with Crippen LogP contribution in [0.4, 0.5) is 4.39 Å². The summed E-state index contributed by atoms with van der Waals surface area (Å²) in [4.78, 5) is 8.13. The predicted octanol–water partition coefficient (Wildman–Crippen LogP) is 1.57. The lowest BCUT2D eigenvalue weighted by Gasteiger charge is -1.97. The minimum Gasteiger partial charge on any atom is -0.339 e. The molecule has 18 heavy (non-hydrogen) atoms. The smallest absolute Gasteiger partial charge is 0.228 e. The average molecular weight is 248 g/mol. The normalized spacial score (nSPS) is 14.9. The monoisotopic (exact) mass is 248 g/mol. The topological polar surface area (TPSA) is 63.8 Å². The van der Waals surface area contributed by atoms with Crippen molar-refractivity contribution in [2.45, 2.75) is 25.3 Å². The zero-order valence-corrected chi connectivity index (χ0v) is 9.77. The number of rotatable bonds is 5. The summed E-state index contributed by atoms with van der Waals surface area (Å²) in [5.74, 6) is 0.594. The first-order valence-corrected chi connectivity index (χ1v) is 5.99. The van der Waals surface area contributed by atoms with Gasteiger partial charge in [0.1, 0.15) is 11.5 Å². The van der Waals surface area contributed by atoms with Crippen LogP contribution in [0.5, 0.6) is 0 Å². The second kappa shape index (κ2) is 4.81. The molecule has 1 fully saturated rings. The Morgan fingerprint density at radius 1 is 1.39 bits per heavy atom. The molecule has 0 aliphatic heterocycles. The molecule has 0 bridgehead atoms. The highest BCUT2D eigenvalue weighted by Gasteiger charge is 2.20. The molecule has 1 aliphatic carbocycles. The van der Waals surface area contributed by atoms with Crippen LogP contribution in [0.25, 0.3) is 11.5 Å². The van der Waals surface area contributed by atoms with Crippen molar-refractivity contribution in [1.29, 1.82) is 0 Å². The molecule has 0 amide bonds.